The fourth-order valence-corrected chi connectivity index (χ4v) is 4.02. The molecular formula is C23H16FNOS. The quantitative estimate of drug-likeness (QED) is 0.310. The molecule has 2 aromatic carbocycles. The molecule has 2 heterocycles. The molecule has 2 nitrogen and oxygen atoms in total. The van der Waals surface area contributed by atoms with Crippen molar-refractivity contribution in [2.45, 2.75) is 6.92 Å². The van der Waals surface area contributed by atoms with Gasteiger partial charge < -0.3 is 0 Å². The second kappa shape index (κ2) is 7.25. The molecule has 0 saturated carbocycles. The molecular weight excluding hydrogens is 357 g/mol. The number of aromatic nitrogens is 1. The lowest BCUT2D eigenvalue weighted by atomic mass is 10.0. The number of allylic oxidation sites excluding steroid dienone is 1. The van der Waals surface area contributed by atoms with Crippen molar-refractivity contribution in [3.05, 3.63) is 94.8 Å². The van der Waals surface area contributed by atoms with Crippen molar-refractivity contribution in [3.63, 3.8) is 0 Å². The number of benzene rings is 2. The van der Waals surface area contributed by atoms with Crippen LogP contribution in [0.25, 0.3) is 27.4 Å². The number of ketones is 1. The molecule has 0 N–H and O–H groups in total. The standard InChI is InChI=1S/C23H16FNOS/c1-15-4-6-16(7-5-15)8-13-20(26)22-21(17-9-11-18(24)12-10-17)19-3-2-14-25-23(19)27-22/h2-14H,1H3/b13-8+. The largest absolute Gasteiger partial charge is 0.288 e. The zero-order valence-corrected chi connectivity index (χ0v) is 15.5. The van der Waals surface area contributed by atoms with Gasteiger partial charge in [0.05, 0.1) is 4.88 Å². The summed E-state index contributed by atoms with van der Waals surface area (Å²) in [6.07, 6.45) is 5.11. The van der Waals surface area contributed by atoms with Crippen LogP contribution in [-0.4, -0.2) is 10.8 Å². The summed E-state index contributed by atoms with van der Waals surface area (Å²) in [6, 6.07) is 18.0. The van der Waals surface area contributed by atoms with Crippen molar-refractivity contribution in [1.82, 2.24) is 4.98 Å². The minimum absolute atomic E-state index is 0.0853. The predicted molar refractivity (Wildman–Crippen MR) is 110 cm³/mol. The Hall–Kier alpha value is -3.11. The molecule has 27 heavy (non-hydrogen) atoms. The average Bonchev–Trinajstić information content (AvgIpc) is 3.08. The van der Waals surface area contributed by atoms with E-state index < -0.39 is 0 Å². The Kier molecular flexibility index (Phi) is 4.65. The van der Waals surface area contributed by atoms with Crippen molar-refractivity contribution in [2.75, 3.05) is 0 Å². The van der Waals surface area contributed by atoms with Crippen molar-refractivity contribution in [1.29, 1.82) is 0 Å². The second-order valence-electron chi connectivity index (χ2n) is 6.28. The minimum Gasteiger partial charge on any atom is -0.288 e. The number of hydrogen-bond acceptors (Lipinski definition) is 3. The lowest BCUT2D eigenvalue weighted by Gasteiger charge is -2.03. The van der Waals surface area contributed by atoms with Crippen LogP contribution in [0.4, 0.5) is 4.39 Å². The summed E-state index contributed by atoms with van der Waals surface area (Å²) in [5.41, 5.74) is 3.76. The Balaban J connectivity index is 1.78. The number of pyridine rings is 1. The van der Waals surface area contributed by atoms with Crippen molar-refractivity contribution in [2.24, 2.45) is 0 Å². The van der Waals surface area contributed by atoms with Gasteiger partial charge in [-0.1, -0.05) is 48.0 Å². The molecule has 0 bridgehead atoms. The summed E-state index contributed by atoms with van der Waals surface area (Å²) in [6.45, 7) is 2.03. The number of rotatable bonds is 4. The van der Waals surface area contributed by atoms with Gasteiger partial charge in [0.1, 0.15) is 10.6 Å². The first-order valence-corrected chi connectivity index (χ1v) is 9.36. The average molecular weight is 373 g/mol. The van der Waals surface area contributed by atoms with Crippen LogP contribution in [0.15, 0.2) is 72.9 Å². The number of carbonyl (C=O) groups is 1. The maximum absolute atomic E-state index is 13.4. The van der Waals surface area contributed by atoms with Crippen LogP contribution in [0, 0.1) is 12.7 Å². The number of aryl methyl sites for hydroxylation is 1. The highest BCUT2D eigenvalue weighted by Gasteiger charge is 2.18. The summed E-state index contributed by atoms with van der Waals surface area (Å²) in [4.78, 5) is 18.7. The molecule has 0 saturated heterocycles. The summed E-state index contributed by atoms with van der Waals surface area (Å²) in [5, 5.41) is 0.904. The number of nitrogens with zero attached hydrogens (tertiary/aromatic N) is 1. The molecule has 0 aliphatic heterocycles. The van der Waals surface area contributed by atoms with Gasteiger partial charge in [-0.3, -0.25) is 4.79 Å². The van der Waals surface area contributed by atoms with Crippen molar-refractivity contribution < 1.29 is 9.18 Å². The predicted octanol–water partition coefficient (Wildman–Crippen LogP) is 6.31. The van der Waals surface area contributed by atoms with Gasteiger partial charge >= 0.3 is 0 Å². The summed E-state index contributed by atoms with van der Waals surface area (Å²) < 4.78 is 13.4. The van der Waals surface area contributed by atoms with E-state index in [4.69, 9.17) is 0 Å². The minimum atomic E-state index is -0.302. The molecule has 4 heteroatoms. The van der Waals surface area contributed by atoms with Crippen LogP contribution in [-0.2, 0) is 0 Å². The molecule has 0 fully saturated rings. The third kappa shape index (κ3) is 3.57. The van der Waals surface area contributed by atoms with Gasteiger partial charge in [-0.25, -0.2) is 9.37 Å². The highest BCUT2D eigenvalue weighted by molar-refractivity contribution is 7.21. The van der Waals surface area contributed by atoms with Gasteiger partial charge in [0.15, 0.2) is 5.78 Å². The maximum atomic E-state index is 13.4. The van der Waals surface area contributed by atoms with Gasteiger partial charge in [0.2, 0.25) is 0 Å². The lowest BCUT2D eigenvalue weighted by molar-refractivity contribution is 0.105. The van der Waals surface area contributed by atoms with Crippen LogP contribution in [0.5, 0.6) is 0 Å². The van der Waals surface area contributed by atoms with E-state index in [1.54, 1.807) is 24.4 Å². The summed E-state index contributed by atoms with van der Waals surface area (Å²) in [5.74, 6) is -0.388. The number of carbonyl (C=O) groups excluding carboxylic acids is 1. The summed E-state index contributed by atoms with van der Waals surface area (Å²) in [7, 11) is 0. The van der Waals surface area contributed by atoms with Gasteiger partial charge in [-0.15, -0.1) is 11.3 Å². The van der Waals surface area contributed by atoms with E-state index in [1.807, 2.05) is 49.4 Å². The van der Waals surface area contributed by atoms with Crippen LogP contribution in [0.1, 0.15) is 20.8 Å². The van der Waals surface area contributed by atoms with E-state index in [1.165, 1.54) is 29.0 Å². The zero-order valence-electron chi connectivity index (χ0n) is 14.6. The first-order chi connectivity index (χ1) is 13.1. The number of fused-ring (bicyclic) bond motifs is 1. The first kappa shape index (κ1) is 17.3. The highest BCUT2D eigenvalue weighted by atomic mass is 32.1. The lowest BCUT2D eigenvalue weighted by Crippen LogP contribution is -1.93. The number of hydrogen-bond donors (Lipinski definition) is 0. The van der Waals surface area contributed by atoms with Gasteiger partial charge in [-0.2, -0.15) is 0 Å². The fourth-order valence-electron chi connectivity index (χ4n) is 2.93. The molecule has 0 atom stereocenters. The normalized spacial score (nSPS) is 11.3. The molecule has 132 valence electrons. The van der Waals surface area contributed by atoms with Crippen LogP contribution >= 0.6 is 11.3 Å². The number of halogens is 1. The molecule has 0 spiro atoms. The second-order valence-corrected chi connectivity index (χ2v) is 7.28. The Bertz CT molecular complexity index is 1140. The molecule has 0 aliphatic rings. The molecule has 0 aliphatic carbocycles. The van der Waals surface area contributed by atoms with Gasteiger partial charge in [0.25, 0.3) is 0 Å². The monoisotopic (exact) mass is 373 g/mol. The molecule has 0 amide bonds. The summed E-state index contributed by atoms with van der Waals surface area (Å²) >= 11 is 1.36. The van der Waals surface area contributed by atoms with Crippen molar-refractivity contribution in [3.8, 4) is 11.1 Å². The molecule has 0 unspecified atom stereocenters. The maximum Gasteiger partial charge on any atom is 0.196 e. The van der Waals surface area contributed by atoms with Gasteiger partial charge in [-0.05, 0) is 48.4 Å². The fraction of sp³-hybridized carbons (Fsp3) is 0.0435. The van der Waals surface area contributed by atoms with Gasteiger partial charge in [0, 0.05) is 17.1 Å². The van der Waals surface area contributed by atoms with E-state index in [-0.39, 0.29) is 11.6 Å². The molecule has 2 aromatic heterocycles. The Morgan fingerprint density at radius 1 is 1.04 bits per heavy atom. The Morgan fingerprint density at radius 3 is 2.52 bits per heavy atom. The van der Waals surface area contributed by atoms with Crippen molar-refractivity contribution >= 4 is 33.4 Å². The topological polar surface area (TPSA) is 30.0 Å². The third-order valence-corrected chi connectivity index (χ3v) is 5.46. The van der Waals surface area contributed by atoms with E-state index in [9.17, 15) is 9.18 Å². The Labute approximate surface area is 160 Å². The Morgan fingerprint density at radius 2 is 1.78 bits per heavy atom. The molecule has 4 rings (SSSR count). The van der Waals surface area contributed by atoms with E-state index in [0.29, 0.717) is 4.88 Å². The van der Waals surface area contributed by atoms with E-state index >= 15 is 0 Å². The third-order valence-electron chi connectivity index (χ3n) is 4.33. The zero-order chi connectivity index (χ0) is 18.8. The SMILES string of the molecule is Cc1ccc(/C=C/C(=O)c2sc3ncccc3c2-c2ccc(F)cc2)cc1. The molecule has 4 aromatic rings. The first-order valence-electron chi connectivity index (χ1n) is 8.54. The van der Waals surface area contributed by atoms with Crippen LogP contribution < -0.4 is 0 Å². The smallest absolute Gasteiger partial charge is 0.196 e. The highest BCUT2D eigenvalue weighted by Crippen LogP contribution is 2.38. The van der Waals surface area contributed by atoms with Crippen LogP contribution in [0.2, 0.25) is 0 Å². The molecule has 0 radical (unpaired) electrons. The number of thiophene rings is 1. The van der Waals surface area contributed by atoms with Crippen LogP contribution in [0.3, 0.4) is 0 Å². The van der Waals surface area contributed by atoms with E-state index in [2.05, 4.69) is 4.98 Å². The van der Waals surface area contributed by atoms with E-state index in [0.717, 1.165) is 26.9 Å².